The van der Waals surface area contributed by atoms with Crippen LogP contribution in [0.3, 0.4) is 0 Å². The van der Waals surface area contributed by atoms with Crippen LogP contribution >= 0.6 is 0 Å². The molecule has 2 aromatic heterocycles. The molecule has 0 N–H and O–H groups in total. The second-order valence-electron chi connectivity index (χ2n) is 12.6. The summed E-state index contributed by atoms with van der Waals surface area (Å²) in [7, 11) is 0. The van der Waals surface area contributed by atoms with E-state index in [9.17, 15) is 0 Å². The number of aromatic nitrogens is 2. The van der Waals surface area contributed by atoms with Crippen molar-refractivity contribution in [2.24, 2.45) is 0 Å². The van der Waals surface area contributed by atoms with Crippen LogP contribution in [-0.2, 0) is 0 Å². The molecule has 0 aliphatic carbocycles. The summed E-state index contributed by atoms with van der Waals surface area (Å²) < 4.78 is 12.6. The SMILES string of the molecule is c1cc(-c2ncccc2-c2cccnc2-c2cccc(N3c4ccccc4Oc4ccccc43)c2)cc(N2c3ccccc3Oc3ccccc32)c1. The highest BCUT2D eigenvalue weighted by molar-refractivity contribution is 5.93. The minimum atomic E-state index is 0.816. The molecule has 0 amide bonds. The van der Waals surface area contributed by atoms with Crippen LogP contribution in [0.1, 0.15) is 0 Å². The number of pyridine rings is 2. The van der Waals surface area contributed by atoms with Crippen molar-refractivity contribution in [1.29, 1.82) is 0 Å². The molecule has 0 fully saturated rings. The first-order valence-corrected chi connectivity index (χ1v) is 17.2. The van der Waals surface area contributed by atoms with Gasteiger partial charge in [-0.05, 0) is 84.9 Å². The second-order valence-corrected chi connectivity index (χ2v) is 12.6. The van der Waals surface area contributed by atoms with Crippen molar-refractivity contribution in [3.8, 4) is 56.6 Å². The molecule has 0 saturated heterocycles. The number of benzene rings is 6. The van der Waals surface area contributed by atoms with Crippen LogP contribution in [-0.4, -0.2) is 9.97 Å². The first-order valence-electron chi connectivity index (χ1n) is 17.2. The minimum absolute atomic E-state index is 0.816. The van der Waals surface area contributed by atoms with E-state index >= 15 is 0 Å². The van der Waals surface area contributed by atoms with E-state index in [-0.39, 0.29) is 0 Å². The molecule has 0 saturated carbocycles. The van der Waals surface area contributed by atoms with Crippen LogP contribution in [0.15, 0.2) is 182 Å². The van der Waals surface area contributed by atoms with Crippen molar-refractivity contribution in [2.75, 3.05) is 9.80 Å². The molecule has 8 aromatic rings. The van der Waals surface area contributed by atoms with Crippen LogP contribution in [0.4, 0.5) is 34.1 Å². The van der Waals surface area contributed by atoms with E-state index in [1.807, 2.05) is 97.3 Å². The lowest BCUT2D eigenvalue weighted by Gasteiger charge is -2.33. The Morgan fingerprint density at radius 3 is 1.10 bits per heavy atom. The van der Waals surface area contributed by atoms with E-state index in [0.29, 0.717) is 0 Å². The maximum Gasteiger partial charge on any atom is 0.151 e. The van der Waals surface area contributed by atoms with E-state index in [4.69, 9.17) is 19.4 Å². The lowest BCUT2D eigenvalue weighted by molar-refractivity contribution is 0.477. The number of fused-ring (bicyclic) bond motifs is 4. The van der Waals surface area contributed by atoms with Crippen LogP contribution in [0.25, 0.3) is 33.6 Å². The summed E-state index contributed by atoms with van der Waals surface area (Å²) in [5.74, 6) is 3.26. The monoisotopic (exact) mass is 670 g/mol. The zero-order valence-electron chi connectivity index (χ0n) is 27.9. The van der Waals surface area contributed by atoms with Gasteiger partial charge in [-0.3, -0.25) is 9.97 Å². The van der Waals surface area contributed by atoms with E-state index in [1.54, 1.807) is 0 Å². The first kappa shape index (κ1) is 29.7. The van der Waals surface area contributed by atoms with Crippen molar-refractivity contribution in [3.05, 3.63) is 182 Å². The third kappa shape index (κ3) is 4.96. The van der Waals surface area contributed by atoms with Crippen molar-refractivity contribution in [1.82, 2.24) is 9.97 Å². The lowest BCUT2D eigenvalue weighted by Crippen LogP contribution is -2.15. The average molecular weight is 671 g/mol. The van der Waals surface area contributed by atoms with Gasteiger partial charge in [0.25, 0.3) is 0 Å². The van der Waals surface area contributed by atoms with Crippen molar-refractivity contribution in [3.63, 3.8) is 0 Å². The molecule has 0 spiro atoms. The van der Waals surface area contributed by atoms with Gasteiger partial charge in [-0.1, -0.05) is 84.9 Å². The molecule has 52 heavy (non-hydrogen) atoms. The largest absolute Gasteiger partial charge is 0.453 e. The molecule has 0 radical (unpaired) electrons. The Kier molecular flexibility index (Phi) is 7.03. The Bertz CT molecular complexity index is 2360. The Morgan fingerprint density at radius 1 is 0.346 bits per heavy atom. The molecule has 10 rings (SSSR count). The van der Waals surface area contributed by atoms with Crippen molar-refractivity contribution < 1.29 is 9.47 Å². The van der Waals surface area contributed by atoms with Gasteiger partial charge in [0.05, 0.1) is 34.1 Å². The fraction of sp³-hybridized carbons (Fsp3) is 0. The number of hydrogen-bond donors (Lipinski definition) is 0. The summed E-state index contributed by atoms with van der Waals surface area (Å²) in [4.78, 5) is 14.5. The standard InChI is InChI=1S/C46H30N4O2/c1-5-23-41-37(19-1)49(38-20-2-6-24-42(38)51-41)33-15-9-13-31(29-33)45-35(17-11-27-47-45)36-18-12-28-48-46(36)32-14-10-16-34(30-32)50-39-21-3-7-25-43(39)52-44-26-8-4-22-40(44)50/h1-30H. The lowest BCUT2D eigenvalue weighted by atomic mass is 9.95. The molecule has 0 atom stereocenters. The van der Waals surface area contributed by atoms with Gasteiger partial charge < -0.3 is 19.3 Å². The average Bonchev–Trinajstić information content (AvgIpc) is 3.22. The molecule has 6 nitrogen and oxygen atoms in total. The zero-order chi connectivity index (χ0) is 34.4. The number of rotatable bonds is 5. The normalized spacial score (nSPS) is 12.5. The molecular formula is C46H30N4O2. The quantitative estimate of drug-likeness (QED) is 0.182. The summed E-state index contributed by atoms with van der Waals surface area (Å²) >= 11 is 0. The van der Waals surface area contributed by atoms with Crippen LogP contribution in [0, 0.1) is 0 Å². The van der Waals surface area contributed by atoms with Crippen LogP contribution in [0.5, 0.6) is 23.0 Å². The number of ether oxygens (including phenoxy) is 2. The Hall–Kier alpha value is -7.18. The summed E-state index contributed by atoms with van der Waals surface area (Å²) in [6, 6.07) is 57.9. The van der Waals surface area contributed by atoms with Gasteiger partial charge in [-0.15, -0.1) is 0 Å². The number of hydrogen-bond acceptors (Lipinski definition) is 6. The molecule has 6 heteroatoms. The zero-order valence-corrected chi connectivity index (χ0v) is 27.9. The summed E-state index contributed by atoms with van der Waals surface area (Å²) in [6.07, 6.45) is 3.71. The second kappa shape index (κ2) is 12.3. The molecule has 0 unspecified atom stereocenters. The molecule has 2 aliphatic rings. The molecule has 6 aromatic carbocycles. The first-order chi connectivity index (χ1) is 25.8. The van der Waals surface area contributed by atoms with Gasteiger partial charge in [0.1, 0.15) is 0 Å². The number of para-hydroxylation sites is 8. The maximum absolute atomic E-state index is 6.29. The Morgan fingerprint density at radius 2 is 0.712 bits per heavy atom. The summed E-state index contributed by atoms with van der Waals surface area (Å²) in [5.41, 5.74) is 11.7. The Labute approximate surface area is 301 Å². The van der Waals surface area contributed by atoms with Gasteiger partial charge in [0, 0.05) is 46.0 Å². The maximum atomic E-state index is 6.29. The van der Waals surface area contributed by atoms with E-state index in [0.717, 1.165) is 90.8 Å². The third-order valence-corrected chi connectivity index (χ3v) is 9.53. The van der Waals surface area contributed by atoms with Gasteiger partial charge in [-0.25, -0.2) is 0 Å². The highest BCUT2D eigenvalue weighted by Gasteiger charge is 2.27. The van der Waals surface area contributed by atoms with Gasteiger partial charge in [0.2, 0.25) is 0 Å². The van der Waals surface area contributed by atoms with Gasteiger partial charge in [0.15, 0.2) is 23.0 Å². The minimum Gasteiger partial charge on any atom is -0.453 e. The number of nitrogens with zero attached hydrogens (tertiary/aromatic N) is 4. The van der Waals surface area contributed by atoms with Crippen LogP contribution in [0.2, 0.25) is 0 Å². The summed E-state index contributed by atoms with van der Waals surface area (Å²) in [5, 5.41) is 0. The Balaban J connectivity index is 1.08. The van der Waals surface area contributed by atoms with Crippen molar-refractivity contribution in [2.45, 2.75) is 0 Å². The highest BCUT2D eigenvalue weighted by atomic mass is 16.5. The third-order valence-electron chi connectivity index (χ3n) is 9.53. The van der Waals surface area contributed by atoms with E-state index in [2.05, 4.69) is 94.7 Å². The smallest absolute Gasteiger partial charge is 0.151 e. The fourth-order valence-electron chi connectivity index (χ4n) is 7.26. The summed E-state index contributed by atoms with van der Waals surface area (Å²) in [6.45, 7) is 0. The fourth-order valence-corrected chi connectivity index (χ4v) is 7.26. The predicted molar refractivity (Wildman–Crippen MR) is 208 cm³/mol. The molecule has 4 heterocycles. The topological polar surface area (TPSA) is 50.7 Å². The predicted octanol–water partition coefficient (Wildman–Crippen LogP) is 12.6. The molecule has 246 valence electrons. The van der Waals surface area contributed by atoms with Gasteiger partial charge in [-0.2, -0.15) is 0 Å². The van der Waals surface area contributed by atoms with E-state index < -0.39 is 0 Å². The van der Waals surface area contributed by atoms with Crippen LogP contribution < -0.4 is 19.3 Å². The molecule has 0 bridgehead atoms. The van der Waals surface area contributed by atoms with Crippen molar-refractivity contribution >= 4 is 34.1 Å². The molecule has 2 aliphatic heterocycles. The molecular weight excluding hydrogens is 641 g/mol. The van der Waals surface area contributed by atoms with Gasteiger partial charge >= 0.3 is 0 Å². The van der Waals surface area contributed by atoms with E-state index in [1.165, 1.54) is 0 Å². The number of anilines is 6. The highest BCUT2D eigenvalue weighted by Crippen LogP contribution is 2.52.